The van der Waals surface area contributed by atoms with E-state index in [1.807, 2.05) is 6.07 Å². The quantitative estimate of drug-likeness (QED) is 0.548. The fraction of sp³-hybridized carbons (Fsp3) is 0.0455. The molecular formula is C22H18N4O4S. The van der Waals surface area contributed by atoms with Gasteiger partial charge in [0.2, 0.25) is 0 Å². The number of hydrogen-bond donors (Lipinski definition) is 3. The van der Waals surface area contributed by atoms with Crippen LogP contribution in [-0.4, -0.2) is 26.1 Å². The van der Waals surface area contributed by atoms with E-state index >= 15 is 0 Å². The number of hydrazine groups is 1. The molecule has 4 rings (SSSR count). The first-order valence-electron chi connectivity index (χ1n) is 9.33. The molecule has 8 nitrogen and oxygen atoms in total. The number of nitrogens with one attached hydrogen (secondary N) is 3. The summed E-state index contributed by atoms with van der Waals surface area (Å²) in [4.78, 5) is 24.7. The molecule has 1 heterocycles. The van der Waals surface area contributed by atoms with E-state index in [-0.39, 0.29) is 10.7 Å². The maximum atomic E-state index is 12.3. The van der Waals surface area contributed by atoms with Gasteiger partial charge in [-0.25, -0.2) is 0 Å². The molecular weight excluding hydrogens is 416 g/mol. The van der Waals surface area contributed by atoms with E-state index in [4.69, 9.17) is 0 Å². The van der Waals surface area contributed by atoms with Crippen molar-refractivity contribution < 1.29 is 18.0 Å². The first kappa shape index (κ1) is 20.3. The minimum atomic E-state index is -3.72. The fourth-order valence-electron chi connectivity index (χ4n) is 3.12. The molecule has 0 saturated heterocycles. The molecule has 3 aromatic carbocycles. The third-order valence-corrected chi connectivity index (χ3v) is 6.06. The lowest BCUT2D eigenvalue weighted by Crippen LogP contribution is -2.41. The van der Waals surface area contributed by atoms with Gasteiger partial charge in [0, 0.05) is 22.4 Å². The molecule has 3 aromatic rings. The van der Waals surface area contributed by atoms with Gasteiger partial charge in [-0.15, -0.1) is 4.40 Å². The zero-order chi connectivity index (χ0) is 22.0. The van der Waals surface area contributed by atoms with Crippen molar-refractivity contribution in [3.63, 3.8) is 0 Å². The van der Waals surface area contributed by atoms with Crippen molar-refractivity contribution >= 4 is 33.4 Å². The van der Waals surface area contributed by atoms with Gasteiger partial charge in [-0.3, -0.25) is 20.4 Å². The second-order valence-electron chi connectivity index (χ2n) is 6.84. The number of fused-ring (bicyclic) bond motifs is 1. The predicted octanol–water partition coefficient (Wildman–Crippen LogP) is 2.63. The lowest BCUT2D eigenvalue weighted by Gasteiger charge is -2.10. The number of nitrogens with zero attached hydrogens (tertiary/aromatic N) is 1. The highest BCUT2D eigenvalue weighted by Gasteiger charge is 2.28. The lowest BCUT2D eigenvalue weighted by atomic mass is 10.1. The highest BCUT2D eigenvalue weighted by Crippen LogP contribution is 2.26. The maximum Gasteiger partial charge on any atom is 0.285 e. The number of hydrogen-bond acceptors (Lipinski definition) is 5. The average molecular weight is 434 g/mol. The number of rotatable bonds is 3. The Bertz CT molecular complexity index is 1320. The van der Waals surface area contributed by atoms with Gasteiger partial charge >= 0.3 is 0 Å². The second-order valence-corrected chi connectivity index (χ2v) is 8.41. The molecule has 156 valence electrons. The van der Waals surface area contributed by atoms with Crippen LogP contribution in [0.3, 0.4) is 0 Å². The van der Waals surface area contributed by atoms with Crippen LogP contribution in [0.4, 0.5) is 5.69 Å². The van der Waals surface area contributed by atoms with E-state index < -0.39 is 21.8 Å². The van der Waals surface area contributed by atoms with Crippen molar-refractivity contribution in [2.75, 3.05) is 5.32 Å². The van der Waals surface area contributed by atoms with Crippen molar-refractivity contribution in [3.05, 3.63) is 95.1 Å². The molecule has 0 aromatic heterocycles. The van der Waals surface area contributed by atoms with E-state index in [1.165, 1.54) is 6.07 Å². The highest BCUT2D eigenvalue weighted by atomic mass is 32.2. The number of amides is 2. The van der Waals surface area contributed by atoms with Crippen LogP contribution < -0.4 is 16.2 Å². The van der Waals surface area contributed by atoms with Crippen molar-refractivity contribution in [2.45, 2.75) is 11.8 Å². The van der Waals surface area contributed by atoms with Crippen LogP contribution in [0.5, 0.6) is 0 Å². The van der Waals surface area contributed by atoms with Gasteiger partial charge < -0.3 is 5.32 Å². The van der Waals surface area contributed by atoms with Gasteiger partial charge in [-0.05, 0) is 55.0 Å². The van der Waals surface area contributed by atoms with Crippen molar-refractivity contribution in [3.8, 4) is 0 Å². The molecule has 0 spiro atoms. The Labute approximate surface area is 179 Å². The van der Waals surface area contributed by atoms with Crippen LogP contribution >= 0.6 is 0 Å². The summed E-state index contributed by atoms with van der Waals surface area (Å²) in [5, 5.41) is 2.97. The Morgan fingerprint density at radius 2 is 1.45 bits per heavy atom. The predicted molar refractivity (Wildman–Crippen MR) is 116 cm³/mol. The molecule has 0 radical (unpaired) electrons. The van der Waals surface area contributed by atoms with Crippen LogP contribution in [-0.2, 0) is 10.0 Å². The average Bonchev–Trinajstić information content (AvgIpc) is 3.03. The monoisotopic (exact) mass is 434 g/mol. The van der Waals surface area contributed by atoms with Crippen molar-refractivity contribution in [1.29, 1.82) is 0 Å². The Hall–Kier alpha value is -3.98. The molecule has 1 aliphatic rings. The molecule has 9 heteroatoms. The van der Waals surface area contributed by atoms with Gasteiger partial charge in [0.1, 0.15) is 4.90 Å². The van der Waals surface area contributed by atoms with Crippen LogP contribution in [0, 0.1) is 6.92 Å². The van der Waals surface area contributed by atoms with Crippen LogP contribution in [0.2, 0.25) is 0 Å². The maximum absolute atomic E-state index is 12.3. The number of amidine groups is 1. The smallest absolute Gasteiger partial charge is 0.285 e. The minimum absolute atomic E-state index is 0.151. The summed E-state index contributed by atoms with van der Waals surface area (Å²) in [6.45, 7) is 1.81. The zero-order valence-corrected chi connectivity index (χ0v) is 17.2. The number of sulfonamides is 1. The van der Waals surface area contributed by atoms with E-state index in [0.717, 1.165) is 5.56 Å². The summed E-state index contributed by atoms with van der Waals surface area (Å²) < 4.78 is 28.0. The van der Waals surface area contributed by atoms with Crippen LogP contribution in [0.15, 0.2) is 82.1 Å². The van der Waals surface area contributed by atoms with Gasteiger partial charge in [0.05, 0.1) is 0 Å². The Morgan fingerprint density at radius 1 is 0.806 bits per heavy atom. The molecule has 2 amide bonds. The summed E-state index contributed by atoms with van der Waals surface area (Å²) in [6, 6.07) is 19.9. The van der Waals surface area contributed by atoms with Crippen LogP contribution in [0.25, 0.3) is 0 Å². The second kappa shape index (κ2) is 8.04. The lowest BCUT2D eigenvalue weighted by molar-refractivity contribution is 0.0846. The molecule has 1 aliphatic heterocycles. The minimum Gasteiger partial charge on any atom is -0.339 e. The number of aryl methyl sites for hydroxylation is 1. The zero-order valence-electron chi connectivity index (χ0n) is 16.4. The number of anilines is 1. The summed E-state index contributed by atoms with van der Waals surface area (Å²) >= 11 is 0. The molecule has 0 bridgehead atoms. The fourth-order valence-corrected chi connectivity index (χ4v) is 4.29. The van der Waals surface area contributed by atoms with E-state index in [0.29, 0.717) is 22.4 Å². The molecule has 0 unspecified atom stereocenters. The largest absolute Gasteiger partial charge is 0.339 e. The number of carbonyl (C=O) groups is 2. The molecule has 31 heavy (non-hydrogen) atoms. The molecule has 3 N–H and O–H groups in total. The third kappa shape index (κ3) is 4.17. The summed E-state index contributed by atoms with van der Waals surface area (Å²) in [5.74, 6) is -0.679. The van der Waals surface area contributed by atoms with Crippen molar-refractivity contribution in [1.82, 2.24) is 10.9 Å². The Morgan fingerprint density at radius 3 is 2.19 bits per heavy atom. The number of carbonyl (C=O) groups excluding carboxylic acids is 2. The Kier molecular flexibility index (Phi) is 5.26. The highest BCUT2D eigenvalue weighted by molar-refractivity contribution is 7.90. The summed E-state index contributed by atoms with van der Waals surface area (Å²) in [6.07, 6.45) is 0. The molecule has 0 atom stereocenters. The Balaban J connectivity index is 1.41. The summed E-state index contributed by atoms with van der Waals surface area (Å²) in [5.41, 5.74) is 7.40. The SMILES string of the molecule is Cc1ccccc1C(=O)NNC(=O)c1ccc(NC2=NS(=O)(=O)c3ccccc32)cc1. The van der Waals surface area contributed by atoms with Gasteiger partial charge in [0.25, 0.3) is 21.8 Å². The summed E-state index contributed by atoms with van der Waals surface area (Å²) in [7, 11) is -3.72. The van der Waals surface area contributed by atoms with Gasteiger partial charge in [0.15, 0.2) is 5.84 Å². The molecule has 0 aliphatic carbocycles. The number of benzene rings is 3. The van der Waals surface area contributed by atoms with E-state index in [9.17, 15) is 18.0 Å². The first-order chi connectivity index (χ1) is 14.8. The van der Waals surface area contributed by atoms with Crippen molar-refractivity contribution in [2.24, 2.45) is 4.40 Å². The van der Waals surface area contributed by atoms with Gasteiger partial charge in [-0.2, -0.15) is 8.42 Å². The van der Waals surface area contributed by atoms with E-state index in [1.54, 1.807) is 67.6 Å². The normalized spacial score (nSPS) is 13.6. The standard InChI is InChI=1S/C22H18N4O4S/c1-14-6-2-3-7-17(14)22(28)25-24-21(27)15-10-12-16(13-11-15)23-20-18-8-4-5-9-19(18)31(29,30)26-20/h2-13H,1H3,(H,23,26)(H,24,27)(H,25,28). The van der Waals surface area contributed by atoms with Crippen LogP contribution in [0.1, 0.15) is 31.8 Å². The first-order valence-corrected chi connectivity index (χ1v) is 10.8. The van der Waals surface area contributed by atoms with E-state index in [2.05, 4.69) is 20.6 Å². The third-order valence-electron chi connectivity index (χ3n) is 4.72. The van der Waals surface area contributed by atoms with Gasteiger partial charge in [-0.1, -0.05) is 30.3 Å². The molecule has 0 fully saturated rings. The molecule has 0 saturated carbocycles. The topological polar surface area (TPSA) is 117 Å².